The SMILES string of the molecule is CC(C)(C)OC(=O)c1ccc(B(O)O)cc1.COc1ccc(NC(=O)C2(c3ccc4c(c3)OC(F)(F)O4)CC2)nc1-c1ccc(C(=O)O)cc1.COc1ccc(NC(=O)C2(c3ccc4c(c3)OC(F)(F)O4)CC2)nc1-c1ccc(C(=O)OC(C)(C)C)cc1.COc1ccc(NC(=O)C2(c3ccc4c(c3)OC(F)(F)O4)CC2)nc1Br. The molecule has 0 unspecified atom stereocenters. The maximum absolute atomic E-state index is 13.4. The average molecular weight is 1640 g/mol. The molecule has 9 aromatic rings. The van der Waals surface area contributed by atoms with Crippen molar-refractivity contribution in [1.29, 1.82) is 0 Å². The van der Waals surface area contributed by atoms with Gasteiger partial charge in [0.25, 0.3) is 0 Å². The number of rotatable bonds is 18. The molecule has 6 N–H and O–H groups in total. The zero-order valence-electron chi connectivity index (χ0n) is 62.2. The van der Waals surface area contributed by atoms with Gasteiger partial charge in [-0.25, -0.2) is 29.3 Å². The molecule has 114 heavy (non-hydrogen) atoms. The van der Waals surface area contributed by atoms with E-state index in [0.29, 0.717) is 128 Å². The Bertz CT molecular complexity index is 5210. The maximum Gasteiger partial charge on any atom is 0.586 e. The van der Waals surface area contributed by atoms with Crippen LogP contribution in [0.5, 0.6) is 51.7 Å². The first-order valence-electron chi connectivity index (χ1n) is 35.1. The minimum absolute atomic E-state index is 0.0456. The van der Waals surface area contributed by atoms with Gasteiger partial charge in [0.2, 0.25) is 17.7 Å². The minimum Gasteiger partial charge on any atom is -0.494 e. The number of carbonyl (C=O) groups is 6. The molecule has 6 aromatic carbocycles. The van der Waals surface area contributed by atoms with Crippen molar-refractivity contribution in [2.24, 2.45) is 0 Å². The Morgan fingerprint density at radius 3 is 1.00 bits per heavy atom. The van der Waals surface area contributed by atoms with Crippen LogP contribution in [0.4, 0.5) is 43.8 Å². The van der Waals surface area contributed by atoms with Crippen molar-refractivity contribution in [2.45, 2.75) is 126 Å². The van der Waals surface area contributed by atoms with Gasteiger partial charge in [0, 0.05) is 11.1 Å². The molecule has 6 heterocycles. The summed E-state index contributed by atoms with van der Waals surface area (Å²) in [6.07, 6.45) is -7.77. The maximum atomic E-state index is 13.4. The number of benzene rings is 6. The highest BCUT2D eigenvalue weighted by molar-refractivity contribution is 9.10. The highest BCUT2D eigenvalue weighted by Gasteiger charge is 2.56. The molecule has 3 amide bonds. The van der Waals surface area contributed by atoms with E-state index in [9.17, 15) is 55.1 Å². The van der Waals surface area contributed by atoms with Crippen molar-refractivity contribution in [3.05, 3.63) is 202 Å². The number of hydrogen-bond acceptors (Lipinski definition) is 22. The second-order valence-electron chi connectivity index (χ2n) is 28.7. The fourth-order valence-electron chi connectivity index (χ4n) is 12.2. The molecule has 6 aliphatic rings. The normalized spacial score (nSPS) is 16.2. The molecule has 3 saturated carbocycles. The summed E-state index contributed by atoms with van der Waals surface area (Å²) in [5.74, 6) is -0.922. The van der Waals surface area contributed by atoms with Crippen molar-refractivity contribution in [1.82, 2.24) is 15.0 Å². The molecular formula is C80H72BBrF6N6O20. The van der Waals surface area contributed by atoms with Gasteiger partial charge in [0.1, 0.15) is 56.1 Å². The molecule has 26 nitrogen and oxygen atoms in total. The third-order valence-corrected chi connectivity index (χ3v) is 18.9. The molecule has 3 aliphatic heterocycles. The molecule has 0 saturated heterocycles. The van der Waals surface area contributed by atoms with Crippen LogP contribution in [0.25, 0.3) is 22.5 Å². The molecule has 3 aromatic heterocycles. The molecule has 594 valence electrons. The van der Waals surface area contributed by atoms with E-state index in [-0.39, 0.29) is 63.6 Å². The third kappa shape index (κ3) is 18.6. The predicted octanol–water partition coefficient (Wildman–Crippen LogP) is 14.3. The van der Waals surface area contributed by atoms with E-state index in [1.807, 2.05) is 0 Å². The molecule has 0 radical (unpaired) electrons. The lowest BCUT2D eigenvalue weighted by atomic mass is 9.80. The standard InChI is InChI=1S/C28H26F2N2O6.C24H18F2N2O6.C17H13BrF2N2O4.C11H15BO4/c1-26(2,3)38-24(33)17-7-5-16(6-8-17)23-20(35-4)11-12-22(31-23)32-25(34)27(13-14-27)18-9-10-19-21(15-18)37-28(29,30)36-19;1-32-17-8-9-19(27-20(17)13-2-4-14(5-3-13)21(29)30)28-22(31)23(10-11-23)15-6-7-16-18(12-15)34-24(25,26)33-16;1-24-11-4-5-13(21-14(11)18)22-15(23)16(6-7-16)9-2-3-10-12(8-9)26-17(19,20)25-10;1-11(2,3)16-10(13)8-4-6-9(7-5-8)12(14)15/h5-12,15H,13-14H2,1-4H3,(H,31,32,34);2-9,12H,10-11H2,1H3,(H,29,30)(H,27,28,31);2-5,8H,6-7H2,1H3,(H,21,22,23);4-7,14-15H,1-3H3. The molecule has 15 rings (SSSR count). The van der Waals surface area contributed by atoms with Gasteiger partial charge in [-0.1, -0.05) is 54.6 Å². The Balaban J connectivity index is 0.000000146. The summed E-state index contributed by atoms with van der Waals surface area (Å²) in [5, 5.41) is 35.3. The number of nitrogens with one attached hydrogen (secondary N) is 3. The van der Waals surface area contributed by atoms with Gasteiger partial charge in [0.15, 0.2) is 40.2 Å². The molecule has 0 spiro atoms. The van der Waals surface area contributed by atoms with Crippen LogP contribution in [0.1, 0.15) is 128 Å². The monoisotopic (exact) mass is 1640 g/mol. The number of carboxylic acid groups (broad SMARTS) is 1. The number of halogens is 7. The lowest BCUT2D eigenvalue weighted by Crippen LogP contribution is -2.30. The Kier molecular flexibility index (Phi) is 22.4. The Morgan fingerprint density at radius 2 is 0.711 bits per heavy atom. The fourth-order valence-corrected chi connectivity index (χ4v) is 12.7. The van der Waals surface area contributed by atoms with Crippen LogP contribution in [0.15, 0.2) is 168 Å². The van der Waals surface area contributed by atoms with Crippen molar-refractivity contribution in [2.75, 3.05) is 37.3 Å². The highest BCUT2D eigenvalue weighted by atomic mass is 79.9. The number of alkyl halides is 6. The molecular weight excluding hydrogens is 1570 g/mol. The average Bonchev–Trinajstić information content (AvgIpc) is 1.60. The lowest BCUT2D eigenvalue weighted by molar-refractivity contribution is -0.287. The second-order valence-corrected chi connectivity index (χ2v) is 29.5. The van der Waals surface area contributed by atoms with Crippen LogP contribution in [0.2, 0.25) is 0 Å². The summed E-state index contributed by atoms with van der Waals surface area (Å²) >= 11 is 3.26. The zero-order valence-corrected chi connectivity index (χ0v) is 63.8. The number of carbonyl (C=O) groups excluding carboxylic acids is 5. The predicted molar refractivity (Wildman–Crippen MR) is 401 cm³/mol. The summed E-state index contributed by atoms with van der Waals surface area (Å²) in [5.41, 5.74) is 1.41. The second kappa shape index (κ2) is 31.4. The van der Waals surface area contributed by atoms with E-state index in [1.165, 1.54) is 94.1 Å². The molecule has 3 fully saturated rings. The van der Waals surface area contributed by atoms with E-state index in [4.69, 9.17) is 38.8 Å². The topological polar surface area (TPSA) is 339 Å². The number of esters is 2. The largest absolute Gasteiger partial charge is 0.586 e. The number of aromatic carboxylic acids is 1. The Labute approximate surface area is 655 Å². The number of carboxylic acids is 1. The van der Waals surface area contributed by atoms with Gasteiger partial charge in [0.05, 0.1) is 54.3 Å². The number of nitrogens with zero attached hydrogens (tertiary/aromatic N) is 3. The molecule has 3 aliphatic carbocycles. The number of amides is 3. The van der Waals surface area contributed by atoms with E-state index in [1.54, 1.807) is 133 Å². The van der Waals surface area contributed by atoms with Crippen LogP contribution >= 0.6 is 15.9 Å². The van der Waals surface area contributed by atoms with Crippen molar-refractivity contribution >= 4 is 81.6 Å². The Morgan fingerprint density at radius 1 is 0.412 bits per heavy atom. The number of fused-ring (bicyclic) bond motifs is 3. The van der Waals surface area contributed by atoms with Gasteiger partial charge in [-0.3, -0.25) is 14.4 Å². The first-order valence-corrected chi connectivity index (χ1v) is 35.8. The molecule has 0 atom stereocenters. The summed E-state index contributed by atoms with van der Waals surface area (Å²) in [6.45, 7) is 10.8. The van der Waals surface area contributed by atoms with Crippen molar-refractivity contribution in [3.63, 3.8) is 0 Å². The van der Waals surface area contributed by atoms with E-state index < -0.39 is 71.4 Å². The smallest absolute Gasteiger partial charge is 0.494 e. The highest BCUT2D eigenvalue weighted by Crippen LogP contribution is 2.56. The number of hydrogen-bond donors (Lipinski definition) is 6. The summed E-state index contributed by atoms with van der Waals surface area (Å²) in [7, 11) is 2.98. The van der Waals surface area contributed by atoms with Crippen LogP contribution < -0.4 is 64.0 Å². The summed E-state index contributed by atoms with van der Waals surface area (Å²) in [4.78, 5) is 87.6. The van der Waals surface area contributed by atoms with Crippen molar-refractivity contribution < 1.29 is 122 Å². The van der Waals surface area contributed by atoms with Crippen LogP contribution in [0, 0.1) is 0 Å². The van der Waals surface area contributed by atoms with Crippen LogP contribution in [-0.2, 0) is 40.1 Å². The quantitative estimate of drug-likeness (QED) is 0.0201. The summed E-state index contributed by atoms with van der Waals surface area (Å²) in [6, 6.07) is 41.8. The van der Waals surface area contributed by atoms with Gasteiger partial charge in [-0.15, -0.1) is 26.3 Å². The number of anilines is 3. The van der Waals surface area contributed by atoms with Crippen LogP contribution in [-0.4, -0.2) is 124 Å². The fraction of sp³-hybridized carbons (Fsp3) is 0.287. The number of ether oxygens (including phenoxy) is 11. The number of pyridine rings is 3. The van der Waals surface area contributed by atoms with E-state index in [0.717, 1.165) is 0 Å². The first-order chi connectivity index (χ1) is 53.7. The van der Waals surface area contributed by atoms with Crippen molar-refractivity contribution in [3.8, 4) is 74.3 Å². The van der Waals surface area contributed by atoms with E-state index in [2.05, 4.69) is 75.3 Å². The van der Waals surface area contributed by atoms with Gasteiger partial charge >= 0.3 is 43.9 Å². The minimum atomic E-state index is -3.73. The van der Waals surface area contributed by atoms with Gasteiger partial charge in [-0.05, 0) is 227 Å². The zero-order chi connectivity index (χ0) is 82.3. The molecule has 0 bridgehead atoms. The van der Waals surface area contributed by atoms with Gasteiger partial charge < -0.3 is 83.2 Å². The van der Waals surface area contributed by atoms with Crippen LogP contribution in [0.3, 0.4) is 0 Å². The van der Waals surface area contributed by atoms with Gasteiger partial charge in [-0.2, -0.15) is 0 Å². The number of aromatic nitrogens is 3. The number of methoxy groups -OCH3 is 3. The van der Waals surface area contributed by atoms with E-state index >= 15 is 0 Å². The first kappa shape index (κ1) is 81.3. The Hall–Kier alpha value is -12.2. The summed E-state index contributed by atoms with van der Waals surface area (Å²) < 4.78 is 134. The third-order valence-electron chi connectivity index (χ3n) is 18.4. The molecule has 34 heteroatoms. The lowest BCUT2D eigenvalue weighted by Gasteiger charge is -2.19.